The Morgan fingerprint density at radius 2 is 2.14 bits per heavy atom. The van der Waals surface area contributed by atoms with Crippen LogP contribution in [0.5, 0.6) is 5.75 Å². The first-order valence-electron chi connectivity index (χ1n) is 7.46. The lowest BCUT2D eigenvalue weighted by Gasteiger charge is -2.30. The van der Waals surface area contributed by atoms with Crippen molar-refractivity contribution in [3.8, 4) is 5.75 Å². The lowest BCUT2D eigenvalue weighted by molar-refractivity contribution is -0.143. The molecule has 116 valence electrons. The number of carbonyl (C=O) groups is 1. The quantitative estimate of drug-likeness (QED) is 0.847. The molecule has 1 saturated heterocycles. The van der Waals surface area contributed by atoms with Gasteiger partial charge in [-0.05, 0) is 50.6 Å². The molecule has 4 nitrogen and oxygen atoms in total. The van der Waals surface area contributed by atoms with E-state index in [2.05, 4.69) is 33.8 Å². The summed E-state index contributed by atoms with van der Waals surface area (Å²) in [5, 5.41) is 9.05. The lowest BCUT2D eigenvalue weighted by Crippen LogP contribution is -2.35. The summed E-state index contributed by atoms with van der Waals surface area (Å²) < 4.78 is 6.84. The minimum atomic E-state index is -0.663. The summed E-state index contributed by atoms with van der Waals surface area (Å²) in [5.41, 5.74) is 1.16. The van der Waals surface area contributed by atoms with E-state index in [0.717, 1.165) is 61.3 Å². The molecular formula is C16H22BrNO3. The van der Waals surface area contributed by atoms with Crippen molar-refractivity contribution in [2.75, 3.05) is 19.7 Å². The molecule has 5 heteroatoms. The number of nitrogens with zero attached hydrogens (tertiary/aromatic N) is 1. The van der Waals surface area contributed by atoms with Crippen LogP contribution in [0.25, 0.3) is 0 Å². The monoisotopic (exact) mass is 355 g/mol. The average Bonchev–Trinajstić information content (AvgIpc) is 2.47. The Kier molecular flexibility index (Phi) is 6.06. The Morgan fingerprint density at radius 1 is 1.43 bits per heavy atom. The van der Waals surface area contributed by atoms with E-state index in [1.807, 2.05) is 12.1 Å². The highest BCUT2D eigenvalue weighted by atomic mass is 79.9. The number of carboxylic acids is 1. The van der Waals surface area contributed by atoms with Gasteiger partial charge in [-0.15, -0.1) is 0 Å². The average molecular weight is 356 g/mol. The molecule has 0 aliphatic carbocycles. The Bertz CT molecular complexity index is 484. The number of hydrogen-bond donors (Lipinski definition) is 1. The molecule has 0 saturated carbocycles. The maximum atomic E-state index is 11.0. The molecule has 0 aromatic heterocycles. The van der Waals surface area contributed by atoms with Crippen molar-refractivity contribution in [1.82, 2.24) is 4.90 Å². The second-order valence-electron chi connectivity index (χ2n) is 5.49. The van der Waals surface area contributed by atoms with E-state index >= 15 is 0 Å². The minimum Gasteiger partial charge on any atom is -0.493 e. The van der Waals surface area contributed by atoms with Crippen LogP contribution in [-0.2, 0) is 11.3 Å². The van der Waals surface area contributed by atoms with Gasteiger partial charge in [0.05, 0.1) is 12.5 Å². The summed E-state index contributed by atoms with van der Waals surface area (Å²) in [4.78, 5) is 13.3. The molecule has 1 heterocycles. The van der Waals surface area contributed by atoms with E-state index in [4.69, 9.17) is 9.84 Å². The van der Waals surface area contributed by atoms with Crippen molar-refractivity contribution >= 4 is 21.9 Å². The molecule has 1 N–H and O–H groups in total. The van der Waals surface area contributed by atoms with Crippen LogP contribution < -0.4 is 4.74 Å². The summed E-state index contributed by atoms with van der Waals surface area (Å²) in [6, 6.07) is 6.08. The summed E-state index contributed by atoms with van der Waals surface area (Å²) in [7, 11) is 0. The van der Waals surface area contributed by atoms with Gasteiger partial charge in [-0.25, -0.2) is 0 Å². The predicted molar refractivity (Wildman–Crippen MR) is 85.6 cm³/mol. The smallest absolute Gasteiger partial charge is 0.306 e. The van der Waals surface area contributed by atoms with Crippen LogP contribution in [0, 0.1) is 5.92 Å². The van der Waals surface area contributed by atoms with Gasteiger partial charge in [-0.1, -0.05) is 22.9 Å². The van der Waals surface area contributed by atoms with Crippen molar-refractivity contribution in [3.63, 3.8) is 0 Å². The van der Waals surface area contributed by atoms with Crippen LogP contribution in [0.4, 0.5) is 0 Å². The van der Waals surface area contributed by atoms with Crippen molar-refractivity contribution in [2.45, 2.75) is 32.7 Å². The normalized spacial score (nSPS) is 16.9. The number of benzene rings is 1. The number of piperidine rings is 1. The predicted octanol–water partition coefficient (Wildman–Crippen LogP) is 3.53. The molecule has 0 bridgehead atoms. The molecule has 1 aliphatic heterocycles. The van der Waals surface area contributed by atoms with Gasteiger partial charge in [-0.2, -0.15) is 0 Å². The summed E-state index contributed by atoms with van der Waals surface area (Å²) >= 11 is 3.51. The van der Waals surface area contributed by atoms with Gasteiger partial charge in [0.25, 0.3) is 0 Å². The number of halogens is 1. The van der Waals surface area contributed by atoms with E-state index in [1.54, 1.807) is 0 Å². The van der Waals surface area contributed by atoms with Crippen molar-refractivity contribution in [2.24, 2.45) is 5.92 Å². The molecule has 0 radical (unpaired) electrons. The van der Waals surface area contributed by atoms with Gasteiger partial charge in [0.1, 0.15) is 5.75 Å². The van der Waals surface area contributed by atoms with E-state index in [0.29, 0.717) is 0 Å². The van der Waals surface area contributed by atoms with Crippen LogP contribution in [0.2, 0.25) is 0 Å². The molecule has 0 atom stereocenters. The zero-order chi connectivity index (χ0) is 15.2. The molecule has 0 amide bonds. The lowest BCUT2D eigenvalue weighted by atomic mass is 9.97. The highest BCUT2D eigenvalue weighted by Crippen LogP contribution is 2.27. The maximum absolute atomic E-state index is 11.0. The Labute approximate surface area is 134 Å². The fourth-order valence-electron chi connectivity index (χ4n) is 2.60. The van der Waals surface area contributed by atoms with Crippen molar-refractivity contribution < 1.29 is 14.6 Å². The van der Waals surface area contributed by atoms with Gasteiger partial charge in [0, 0.05) is 16.6 Å². The molecule has 1 fully saturated rings. The van der Waals surface area contributed by atoms with Crippen LogP contribution >= 0.6 is 15.9 Å². The SMILES string of the molecule is CCCOc1ccc(Br)cc1CN1CCC(C(=O)O)CC1. The van der Waals surface area contributed by atoms with Crippen molar-refractivity contribution in [1.29, 1.82) is 0 Å². The standard InChI is InChI=1S/C16H22BrNO3/c1-2-9-21-15-4-3-14(17)10-13(15)11-18-7-5-12(6-8-18)16(19)20/h3-4,10,12H,2,5-9,11H2,1H3,(H,19,20). The number of carboxylic acid groups (broad SMARTS) is 1. The van der Waals surface area contributed by atoms with E-state index in [-0.39, 0.29) is 5.92 Å². The highest BCUT2D eigenvalue weighted by Gasteiger charge is 2.24. The third-order valence-electron chi connectivity index (χ3n) is 3.81. The number of aliphatic carboxylic acids is 1. The Hall–Kier alpha value is -1.07. The molecule has 2 rings (SSSR count). The first-order chi connectivity index (χ1) is 10.1. The number of likely N-dealkylation sites (tertiary alicyclic amines) is 1. The summed E-state index contributed by atoms with van der Waals surface area (Å²) in [6.07, 6.45) is 2.45. The van der Waals surface area contributed by atoms with Gasteiger partial charge < -0.3 is 9.84 Å². The molecule has 0 unspecified atom stereocenters. The second-order valence-corrected chi connectivity index (χ2v) is 6.40. The maximum Gasteiger partial charge on any atom is 0.306 e. The van der Waals surface area contributed by atoms with Crippen molar-refractivity contribution in [3.05, 3.63) is 28.2 Å². The van der Waals surface area contributed by atoms with Gasteiger partial charge >= 0.3 is 5.97 Å². The fraction of sp³-hybridized carbons (Fsp3) is 0.562. The number of ether oxygens (including phenoxy) is 1. The van der Waals surface area contributed by atoms with Crippen LogP contribution in [-0.4, -0.2) is 35.7 Å². The van der Waals surface area contributed by atoms with Gasteiger partial charge in [0.15, 0.2) is 0 Å². The molecule has 1 aromatic rings. The highest BCUT2D eigenvalue weighted by molar-refractivity contribution is 9.10. The minimum absolute atomic E-state index is 0.181. The van der Waals surface area contributed by atoms with Crippen LogP contribution in [0.1, 0.15) is 31.7 Å². The molecule has 21 heavy (non-hydrogen) atoms. The van der Waals surface area contributed by atoms with Crippen LogP contribution in [0.15, 0.2) is 22.7 Å². The fourth-order valence-corrected chi connectivity index (χ4v) is 3.01. The third kappa shape index (κ3) is 4.71. The van der Waals surface area contributed by atoms with E-state index in [9.17, 15) is 4.79 Å². The third-order valence-corrected chi connectivity index (χ3v) is 4.31. The number of hydrogen-bond acceptors (Lipinski definition) is 3. The topological polar surface area (TPSA) is 49.8 Å². The number of rotatable bonds is 6. The first-order valence-corrected chi connectivity index (χ1v) is 8.26. The Morgan fingerprint density at radius 3 is 2.76 bits per heavy atom. The first kappa shape index (κ1) is 16.3. The Balaban J connectivity index is 1.99. The van der Waals surface area contributed by atoms with E-state index < -0.39 is 5.97 Å². The molecule has 0 spiro atoms. The summed E-state index contributed by atoms with van der Waals surface area (Å²) in [6.45, 7) is 5.28. The van der Waals surface area contributed by atoms with Crippen LogP contribution in [0.3, 0.4) is 0 Å². The molecular weight excluding hydrogens is 334 g/mol. The molecule has 1 aromatic carbocycles. The zero-order valence-corrected chi connectivity index (χ0v) is 13.9. The summed E-state index contributed by atoms with van der Waals surface area (Å²) in [5.74, 6) is 0.0871. The van der Waals surface area contributed by atoms with Gasteiger partial charge in [-0.3, -0.25) is 9.69 Å². The largest absolute Gasteiger partial charge is 0.493 e. The second kappa shape index (κ2) is 7.80. The van der Waals surface area contributed by atoms with E-state index in [1.165, 1.54) is 0 Å². The zero-order valence-electron chi connectivity index (χ0n) is 12.3. The molecule has 1 aliphatic rings. The van der Waals surface area contributed by atoms with Gasteiger partial charge in [0.2, 0.25) is 0 Å².